The normalized spacial score (nSPS) is 17.1. The molecule has 0 atom stereocenters. The number of benzene rings is 3. The minimum absolute atomic E-state index is 0.193. The molecule has 1 fully saturated rings. The molecule has 5 rings (SSSR count). The van der Waals surface area contributed by atoms with Crippen molar-refractivity contribution in [2.45, 2.75) is 45.2 Å². The maximum Gasteiger partial charge on any atom is 0.416 e. The van der Waals surface area contributed by atoms with E-state index in [-0.39, 0.29) is 17.8 Å². The summed E-state index contributed by atoms with van der Waals surface area (Å²) in [6, 6.07) is 17.4. The zero-order valence-electron chi connectivity index (χ0n) is 23.0. The lowest BCUT2D eigenvalue weighted by molar-refractivity contribution is -0.138. The van der Waals surface area contributed by atoms with Gasteiger partial charge in [0.25, 0.3) is 0 Å². The highest BCUT2D eigenvalue weighted by atomic mass is 19.4. The number of allylic oxidation sites excluding steroid dienone is 1. The van der Waals surface area contributed by atoms with Gasteiger partial charge in [0, 0.05) is 19.6 Å². The van der Waals surface area contributed by atoms with E-state index in [4.69, 9.17) is 0 Å². The molecule has 41 heavy (non-hydrogen) atoms. The van der Waals surface area contributed by atoms with Crippen molar-refractivity contribution >= 4 is 23.2 Å². The van der Waals surface area contributed by atoms with E-state index in [0.717, 1.165) is 65.5 Å². The predicted octanol–water partition coefficient (Wildman–Crippen LogP) is 8.46. The number of hydrogen-bond acceptors (Lipinski definition) is 2. The summed E-state index contributed by atoms with van der Waals surface area (Å²) >= 11 is 0. The molecular formula is C34H33F4NO2. The van der Waals surface area contributed by atoms with Crippen LogP contribution in [0.5, 0.6) is 0 Å². The Hall–Kier alpha value is -3.71. The van der Waals surface area contributed by atoms with Crippen molar-refractivity contribution in [3.63, 3.8) is 0 Å². The van der Waals surface area contributed by atoms with Crippen LogP contribution < -0.4 is 0 Å². The third-order valence-corrected chi connectivity index (χ3v) is 8.11. The van der Waals surface area contributed by atoms with E-state index in [9.17, 15) is 27.5 Å². The molecule has 0 unspecified atom stereocenters. The molecule has 0 bridgehead atoms. The molecule has 214 valence electrons. The van der Waals surface area contributed by atoms with Crippen LogP contribution in [0.1, 0.15) is 75.0 Å². The lowest BCUT2D eigenvalue weighted by Crippen LogP contribution is -2.20. The molecule has 1 aliphatic heterocycles. The van der Waals surface area contributed by atoms with Gasteiger partial charge < -0.3 is 5.11 Å². The minimum Gasteiger partial charge on any atom is -0.478 e. The summed E-state index contributed by atoms with van der Waals surface area (Å²) in [6.07, 6.45) is 1.06. The van der Waals surface area contributed by atoms with Crippen molar-refractivity contribution in [1.29, 1.82) is 0 Å². The quantitative estimate of drug-likeness (QED) is 0.293. The number of alkyl halides is 4. The monoisotopic (exact) mass is 563 g/mol. The SMILES string of the molecule is Cc1c(C2=C(c3ccc(C=C4CCN(CCCF)C4)cc3)c3ccc(C(=O)O)cc3CCC2)cccc1C(F)(F)F. The van der Waals surface area contributed by atoms with Crippen LogP contribution in [-0.2, 0) is 12.6 Å². The van der Waals surface area contributed by atoms with Gasteiger partial charge in [0.05, 0.1) is 17.8 Å². The molecule has 3 nitrogen and oxygen atoms in total. The molecule has 1 heterocycles. The first-order valence-corrected chi connectivity index (χ1v) is 14.0. The smallest absolute Gasteiger partial charge is 0.416 e. The Morgan fingerprint density at radius 3 is 2.49 bits per heavy atom. The Balaban J connectivity index is 1.60. The fraction of sp³-hybridized carbons (Fsp3) is 0.324. The molecule has 3 aromatic rings. The fourth-order valence-electron chi connectivity index (χ4n) is 6.11. The number of hydrogen-bond donors (Lipinski definition) is 1. The second kappa shape index (κ2) is 12.0. The summed E-state index contributed by atoms with van der Waals surface area (Å²) in [6.45, 7) is 3.71. The van der Waals surface area contributed by atoms with Gasteiger partial charge >= 0.3 is 12.1 Å². The molecule has 1 N–H and O–H groups in total. The first-order chi connectivity index (χ1) is 19.7. The molecular weight excluding hydrogens is 530 g/mol. The number of halogens is 4. The van der Waals surface area contributed by atoms with Crippen LogP contribution in [0.2, 0.25) is 0 Å². The minimum atomic E-state index is -4.46. The topological polar surface area (TPSA) is 40.5 Å². The number of carboxylic acids is 1. The number of aromatic carboxylic acids is 1. The van der Waals surface area contributed by atoms with Gasteiger partial charge in [-0.05, 0) is 102 Å². The van der Waals surface area contributed by atoms with Crippen molar-refractivity contribution in [3.05, 3.63) is 111 Å². The van der Waals surface area contributed by atoms with Crippen LogP contribution >= 0.6 is 0 Å². The number of carbonyl (C=O) groups is 1. The average molecular weight is 564 g/mol. The van der Waals surface area contributed by atoms with Crippen LogP contribution in [-0.4, -0.2) is 42.3 Å². The van der Waals surface area contributed by atoms with E-state index in [2.05, 4.69) is 11.0 Å². The lowest BCUT2D eigenvalue weighted by atomic mass is 9.85. The number of carboxylic acid groups (broad SMARTS) is 1. The zero-order valence-corrected chi connectivity index (χ0v) is 23.0. The Labute approximate surface area is 237 Å². The number of fused-ring (bicyclic) bond motifs is 1. The second-order valence-corrected chi connectivity index (χ2v) is 10.9. The highest BCUT2D eigenvalue weighted by Crippen LogP contribution is 2.43. The lowest BCUT2D eigenvalue weighted by Gasteiger charge is -2.20. The highest BCUT2D eigenvalue weighted by Gasteiger charge is 2.34. The molecule has 7 heteroatoms. The average Bonchev–Trinajstić information content (AvgIpc) is 3.30. The molecule has 2 aliphatic rings. The highest BCUT2D eigenvalue weighted by molar-refractivity contribution is 6.01. The summed E-state index contributed by atoms with van der Waals surface area (Å²) in [7, 11) is 0. The summed E-state index contributed by atoms with van der Waals surface area (Å²) in [5.74, 6) is -1.01. The standard InChI is InChI=1S/C34H33F4NO2/c1-22-28(6-3-8-31(22)34(36,37)38)30-7-2-5-26-20-27(33(40)41)13-14-29(26)32(30)25-11-9-23(10-12-25)19-24-15-18-39(21-24)17-4-16-35/h3,6,8-14,19-20H,2,4-5,7,15-18,21H2,1H3,(H,40,41). The molecule has 0 saturated carbocycles. The van der Waals surface area contributed by atoms with E-state index in [1.807, 2.05) is 24.3 Å². The van der Waals surface area contributed by atoms with Crippen molar-refractivity contribution in [2.75, 3.05) is 26.3 Å². The van der Waals surface area contributed by atoms with Crippen LogP contribution in [0.15, 0.2) is 66.2 Å². The van der Waals surface area contributed by atoms with Gasteiger partial charge in [0.2, 0.25) is 0 Å². The zero-order chi connectivity index (χ0) is 29.1. The van der Waals surface area contributed by atoms with Crippen molar-refractivity contribution in [3.8, 4) is 0 Å². The molecule has 0 aromatic heterocycles. The maximum absolute atomic E-state index is 13.9. The summed E-state index contributed by atoms with van der Waals surface area (Å²) < 4.78 is 54.1. The predicted molar refractivity (Wildman–Crippen MR) is 155 cm³/mol. The van der Waals surface area contributed by atoms with E-state index < -0.39 is 17.7 Å². The van der Waals surface area contributed by atoms with E-state index in [1.54, 1.807) is 24.3 Å². The van der Waals surface area contributed by atoms with E-state index >= 15 is 0 Å². The first-order valence-electron chi connectivity index (χ1n) is 14.0. The Kier molecular flexibility index (Phi) is 8.45. The Morgan fingerprint density at radius 2 is 1.78 bits per heavy atom. The summed E-state index contributed by atoms with van der Waals surface area (Å²) in [5, 5.41) is 9.58. The van der Waals surface area contributed by atoms with Gasteiger partial charge in [-0.3, -0.25) is 9.29 Å². The molecule has 0 radical (unpaired) electrons. The van der Waals surface area contributed by atoms with Gasteiger partial charge in [0.15, 0.2) is 0 Å². The van der Waals surface area contributed by atoms with Crippen LogP contribution in [0, 0.1) is 6.92 Å². The van der Waals surface area contributed by atoms with Crippen LogP contribution in [0.3, 0.4) is 0 Å². The molecule has 0 amide bonds. The second-order valence-electron chi connectivity index (χ2n) is 10.9. The molecule has 1 aliphatic carbocycles. The largest absolute Gasteiger partial charge is 0.478 e. The maximum atomic E-state index is 13.9. The third-order valence-electron chi connectivity index (χ3n) is 8.11. The number of nitrogens with zero attached hydrogens (tertiary/aromatic N) is 1. The van der Waals surface area contributed by atoms with Gasteiger partial charge in [0.1, 0.15) is 0 Å². The number of aryl methyl sites for hydroxylation is 1. The fourth-order valence-corrected chi connectivity index (χ4v) is 6.11. The van der Waals surface area contributed by atoms with Crippen molar-refractivity contribution in [1.82, 2.24) is 4.90 Å². The Bertz CT molecular complexity index is 1500. The van der Waals surface area contributed by atoms with Gasteiger partial charge in [-0.2, -0.15) is 13.2 Å². The number of rotatable bonds is 7. The van der Waals surface area contributed by atoms with E-state index in [0.29, 0.717) is 31.2 Å². The molecule has 0 spiro atoms. The third kappa shape index (κ3) is 6.30. The first kappa shape index (κ1) is 28.8. The van der Waals surface area contributed by atoms with Gasteiger partial charge in [-0.15, -0.1) is 0 Å². The Morgan fingerprint density at radius 1 is 1.00 bits per heavy atom. The van der Waals surface area contributed by atoms with Gasteiger partial charge in [-0.25, -0.2) is 4.79 Å². The summed E-state index contributed by atoms with van der Waals surface area (Å²) in [4.78, 5) is 13.9. The number of likely N-dealkylation sites (tertiary alicyclic amines) is 1. The molecule has 3 aromatic carbocycles. The van der Waals surface area contributed by atoms with E-state index in [1.165, 1.54) is 18.6 Å². The summed E-state index contributed by atoms with van der Waals surface area (Å²) in [5.41, 5.74) is 6.91. The van der Waals surface area contributed by atoms with Crippen molar-refractivity contribution < 1.29 is 27.5 Å². The van der Waals surface area contributed by atoms with Crippen molar-refractivity contribution in [2.24, 2.45) is 0 Å². The van der Waals surface area contributed by atoms with Crippen LogP contribution in [0.25, 0.3) is 17.2 Å². The van der Waals surface area contributed by atoms with Gasteiger partial charge in [-0.1, -0.05) is 54.1 Å². The van der Waals surface area contributed by atoms with Crippen LogP contribution in [0.4, 0.5) is 17.6 Å². The molecule has 1 saturated heterocycles.